The summed E-state index contributed by atoms with van der Waals surface area (Å²) in [4.78, 5) is 12.5. The molecule has 2 aromatic carbocycles. The van der Waals surface area contributed by atoms with Gasteiger partial charge in [0, 0.05) is 18.1 Å². The fourth-order valence-corrected chi connectivity index (χ4v) is 3.26. The molecule has 0 saturated carbocycles. The summed E-state index contributed by atoms with van der Waals surface area (Å²) in [6.07, 6.45) is -4.59. The topological polar surface area (TPSA) is 59.8 Å². The number of fused-ring (bicyclic) bond motifs is 1. The molecule has 0 fully saturated rings. The van der Waals surface area contributed by atoms with Gasteiger partial charge in [0.25, 0.3) is 0 Å². The second-order valence-electron chi connectivity index (χ2n) is 5.64. The van der Waals surface area contributed by atoms with Crippen LogP contribution in [-0.2, 0) is 18.0 Å². The van der Waals surface area contributed by atoms with Crippen LogP contribution < -0.4 is 5.32 Å². The van der Waals surface area contributed by atoms with Crippen molar-refractivity contribution in [2.45, 2.75) is 23.5 Å². The number of alkyl halides is 3. The molecule has 0 spiro atoms. The number of carbonyl (C=O) groups is 1. The minimum Gasteiger partial charge on any atom is -0.325 e. The highest BCUT2D eigenvalue weighted by atomic mass is 32.2. The molecule has 26 heavy (non-hydrogen) atoms. The van der Waals surface area contributed by atoms with Gasteiger partial charge in [0.2, 0.25) is 11.7 Å². The predicted molar refractivity (Wildman–Crippen MR) is 93.9 cm³/mol. The van der Waals surface area contributed by atoms with E-state index >= 15 is 0 Å². The van der Waals surface area contributed by atoms with Gasteiger partial charge in [-0.1, -0.05) is 48.2 Å². The first-order chi connectivity index (χ1) is 12.3. The molecular weight excluding hydrogens is 365 g/mol. The summed E-state index contributed by atoms with van der Waals surface area (Å²) in [5.74, 6) is -1.43. The van der Waals surface area contributed by atoms with Crippen molar-refractivity contribution in [1.29, 1.82) is 0 Å². The molecular formula is C17H15F3N4OS. The molecule has 0 unspecified atom stereocenters. The Morgan fingerprint density at radius 2 is 1.85 bits per heavy atom. The summed E-state index contributed by atoms with van der Waals surface area (Å²) in [6, 6.07) is 13.1. The number of amides is 1. The smallest absolute Gasteiger partial charge is 0.325 e. The van der Waals surface area contributed by atoms with E-state index in [0.717, 1.165) is 27.1 Å². The van der Waals surface area contributed by atoms with E-state index < -0.39 is 17.3 Å². The summed E-state index contributed by atoms with van der Waals surface area (Å²) >= 11 is 0.917. The lowest BCUT2D eigenvalue weighted by Crippen LogP contribution is -2.23. The number of benzene rings is 2. The number of halogens is 3. The number of anilines is 1. The van der Waals surface area contributed by atoms with Crippen molar-refractivity contribution in [2.75, 3.05) is 5.32 Å². The zero-order valence-electron chi connectivity index (χ0n) is 13.9. The Hall–Kier alpha value is -2.55. The molecule has 0 aliphatic heterocycles. The van der Waals surface area contributed by atoms with Crippen molar-refractivity contribution in [2.24, 2.45) is 7.05 Å². The first-order valence-corrected chi connectivity index (χ1v) is 8.57. The number of hydrogen-bond acceptors (Lipinski definition) is 4. The van der Waals surface area contributed by atoms with Crippen molar-refractivity contribution < 1.29 is 18.0 Å². The van der Waals surface area contributed by atoms with Gasteiger partial charge in [-0.25, -0.2) is 0 Å². The van der Waals surface area contributed by atoms with E-state index in [2.05, 4.69) is 15.5 Å². The molecule has 0 aliphatic carbocycles. The van der Waals surface area contributed by atoms with Gasteiger partial charge in [-0.05, 0) is 18.4 Å². The maximum Gasteiger partial charge on any atom is 0.451 e. The quantitative estimate of drug-likeness (QED) is 0.692. The highest BCUT2D eigenvalue weighted by molar-refractivity contribution is 8.00. The molecule has 1 heterocycles. The van der Waals surface area contributed by atoms with Crippen LogP contribution in [0.1, 0.15) is 12.7 Å². The zero-order valence-corrected chi connectivity index (χ0v) is 14.7. The van der Waals surface area contributed by atoms with Crippen LogP contribution in [0.15, 0.2) is 47.6 Å². The minimum atomic E-state index is -4.59. The van der Waals surface area contributed by atoms with Gasteiger partial charge in [-0.2, -0.15) is 13.2 Å². The molecule has 0 saturated heterocycles. The van der Waals surface area contributed by atoms with E-state index in [9.17, 15) is 18.0 Å². The van der Waals surface area contributed by atoms with E-state index in [0.29, 0.717) is 5.69 Å². The van der Waals surface area contributed by atoms with Gasteiger partial charge in [0.15, 0.2) is 5.16 Å². The van der Waals surface area contributed by atoms with Gasteiger partial charge in [-0.15, -0.1) is 10.2 Å². The molecule has 1 amide bonds. The molecule has 3 aromatic rings. The number of aromatic nitrogens is 3. The summed E-state index contributed by atoms with van der Waals surface area (Å²) < 4.78 is 39.2. The Kier molecular flexibility index (Phi) is 4.90. The summed E-state index contributed by atoms with van der Waals surface area (Å²) in [5.41, 5.74) is 0.648. The number of hydrogen-bond donors (Lipinski definition) is 1. The number of nitrogens with one attached hydrogen (secondary N) is 1. The molecule has 1 N–H and O–H groups in total. The number of rotatable bonds is 4. The normalized spacial score (nSPS) is 13.0. The lowest BCUT2D eigenvalue weighted by molar-refractivity contribution is -0.147. The third-order valence-electron chi connectivity index (χ3n) is 3.79. The van der Waals surface area contributed by atoms with Crippen LogP contribution in [0, 0.1) is 0 Å². The first-order valence-electron chi connectivity index (χ1n) is 7.69. The van der Waals surface area contributed by atoms with Gasteiger partial charge in [0.05, 0.1) is 5.25 Å². The maximum absolute atomic E-state index is 12.8. The van der Waals surface area contributed by atoms with Crippen LogP contribution >= 0.6 is 11.8 Å². The van der Waals surface area contributed by atoms with Crippen LogP contribution in [-0.4, -0.2) is 25.9 Å². The molecule has 3 rings (SSSR count). The average Bonchev–Trinajstić information content (AvgIpc) is 2.96. The predicted octanol–water partition coefficient (Wildman–Crippen LogP) is 4.11. The van der Waals surface area contributed by atoms with Crippen LogP contribution in [0.25, 0.3) is 10.8 Å². The van der Waals surface area contributed by atoms with Crippen LogP contribution in [0.4, 0.5) is 18.9 Å². The standard InChI is InChI=1S/C17H15F3N4OS/c1-10(26-16-23-22-15(24(16)2)17(18,19)20)14(25)21-13-9-5-7-11-6-3-4-8-12(11)13/h3-10H,1-2H3,(H,21,25)/t10-/m0/s1. The number of carbonyl (C=O) groups excluding carboxylic acids is 1. The third kappa shape index (κ3) is 3.67. The number of thioether (sulfide) groups is 1. The van der Waals surface area contributed by atoms with E-state index in [1.54, 1.807) is 13.0 Å². The molecule has 0 radical (unpaired) electrons. The Morgan fingerprint density at radius 3 is 2.54 bits per heavy atom. The molecule has 1 atom stereocenters. The first kappa shape index (κ1) is 18.2. The lowest BCUT2D eigenvalue weighted by atomic mass is 10.1. The molecule has 1 aromatic heterocycles. The van der Waals surface area contributed by atoms with E-state index in [1.165, 1.54) is 7.05 Å². The van der Waals surface area contributed by atoms with Crippen LogP contribution in [0.5, 0.6) is 0 Å². The Morgan fingerprint density at radius 1 is 1.15 bits per heavy atom. The van der Waals surface area contributed by atoms with Gasteiger partial charge >= 0.3 is 6.18 Å². The summed E-state index contributed by atoms with van der Waals surface area (Å²) in [5, 5.41) is 10.8. The highest BCUT2D eigenvalue weighted by Gasteiger charge is 2.37. The monoisotopic (exact) mass is 380 g/mol. The van der Waals surface area contributed by atoms with Crippen molar-refractivity contribution in [1.82, 2.24) is 14.8 Å². The lowest BCUT2D eigenvalue weighted by Gasteiger charge is -2.13. The van der Waals surface area contributed by atoms with Gasteiger partial charge in [0.1, 0.15) is 0 Å². The van der Waals surface area contributed by atoms with Crippen molar-refractivity contribution in [3.63, 3.8) is 0 Å². The molecule has 136 valence electrons. The molecule has 5 nitrogen and oxygen atoms in total. The second-order valence-corrected chi connectivity index (χ2v) is 6.95. The zero-order chi connectivity index (χ0) is 18.9. The number of nitrogens with zero attached hydrogens (tertiary/aromatic N) is 3. The minimum absolute atomic E-state index is 0.0258. The van der Waals surface area contributed by atoms with E-state index in [-0.39, 0.29) is 11.1 Å². The highest BCUT2D eigenvalue weighted by Crippen LogP contribution is 2.31. The van der Waals surface area contributed by atoms with Crippen LogP contribution in [0.3, 0.4) is 0 Å². The van der Waals surface area contributed by atoms with E-state index in [4.69, 9.17) is 0 Å². The van der Waals surface area contributed by atoms with Gasteiger partial charge in [-0.3, -0.25) is 4.79 Å². The van der Waals surface area contributed by atoms with Crippen molar-refractivity contribution in [3.05, 3.63) is 48.3 Å². The third-order valence-corrected chi connectivity index (χ3v) is 4.92. The Labute approximate surface area is 151 Å². The second kappa shape index (κ2) is 6.99. The van der Waals surface area contributed by atoms with Crippen molar-refractivity contribution in [3.8, 4) is 0 Å². The van der Waals surface area contributed by atoms with Crippen LogP contribution in [0.2, 0.25) is 0 Å². The van der Waals surface area contributed by atoms with E-state index in [1.807, 2.05) is 36.4 Å². The largest absolute Gasteiger partial charge is 0.451 e. The molecule has 0 bridgehead atoms. The molecule has 0 aliphatic rings. The fraction of sp³-hybridized carbons (Fsp3) is 0.235. The maximum atomic E-state index is 12.8. The van der Waals surface area contributed by atoms with Crippen molar-refractivity contribution >= 4 is 34.1 Å². The average molecular weight is 380 g/mol. The van der Waals surface area contributed by atoms with Gasteiger partial charge < -0.3 is 9.88 Å². The fourth-order valence-electron chi connectivity index (χ4n) is 2.44. The Balaban J connectivity index is 1.75. The summed E-state index contributed by atoms with van der Waals surface area (Å²) in [6.45, 7) is 1.60. The SMILES string of the molecule is C[C@H](Sc1nnc(C(F)(F)F)n1C)C(=O)Nc1cccc2ccccc12. The summed E-state index contributed by atoms with van der Waals surface area (Å²) in [7, 11) is 1.22. The molecule has 9 heteroatoms. The Bertz CT molecular complexity index is 949.